The van der Waals surface area contributed by atoms with Crippen molar-refractivity contribution in [2.75, 3.05) is 32.7 Å². The zero-order chi connectivity index (χ0) is 11.2. The van der Waals surface area contributed by atoms with Gasteiger partial charge in [-0.05, 0) is 57.3 Å². The lowest BCUT2D eigenvalue weighted by Crippen LogP contribution is -2.38. The highest BCUT2D eigenvalue weighted by atomic mass is 15.1. The van der Waals surface area contributed by atoms with Crippen molar-refractivity contribution in [1.29, 1.82) is 0 Å². The van der Waals surface area contributed by atoms with Gasteiger partial charge in [-0.15, -0.1) is 0 Å². The lowest BCUT2D eigenvalue weighted by Gasteiger charge is -2.34. The Hall–Kier alpha value is -0.0800. The number of hydrogen-bond donors (Lipinski definition) is 1. The predicted octanol–water partition coefficient (Wildman–Crippen LogP) is 2.50. The van der Waals surface area contributed by atoms with Crippen molar-refractivity contribution in [2.45, 2.75) is 45.4 Å². The number of nitrogens with one attached hydrogen (secondary N) is 1. The molecular formula is C14H28N2. The van der Waals surface area contributed by atoms with Crippen LogP contribution >= 0.6 is 0 Å². The molecule has 0 aromatic carbocycles. The standard InChI is InChI=1S/C14H28N2/c1-13-6-2-3-7-14(13)12-16-10-4-8-15-9-5-11-16/h13-15H,2-12H2,1H3. The van der Waals surface area contributed by atoms with Gasteiger partial charge in [0, 0.05) is 6.54 Å². The van der Waals surface area contributed by atoms with Crippen LogP contribution in [0.15, 0.2) is 0 Å². The van der Waals surface area contributed by atoms with Crippen LogP contribution in [0.25, 0.3) is 0 Å². The highest BCUT2D eigenvalue weighted by Crippen LogP contribution is 2.30. The maximum absolute atomic E-state index is 3.49. The first-order valence-electron chi connectivity index (χ1n) is 7.29. The molecule has 0 aromatic heterocycles. The predicted molar refractivity (Wildman–Crippen MR) is 69.7 cm³/mol. The zero-order valence-corrected chi connectivity index (χ0v) is 10.9. The molecule has 2 fully saturated rings. The van der Waals surface area contributed by atoms with Crippen LogP contribution < -0.4 is 5.32 Å². The van der Waals surface area contributed by atoms with Gasteiger partial charge in [0.2, 0.25) is 0 Å². The minimum atomic E-state index is 0.970. The Bertz CT molecular complexity index is 185. The fourth-order valence-corrected chi connectivity index (χ4v) is 3.27. The summed E-state index contributed by atoms with van der Waals surface area (Å²) in [5.74, 6) is 1.96. The van der Waals surface area contributed by atoms with Gasteiger partial charge in [0.1, 0.15) is 0 Å². The Morgan fingerprint density at radius 1 is 1.00 bits per heavy atom. The first kappa shape index (κ1) is 12.4. The fraction of sp³-hybridized carbons (Fsp3) is 1.00. The molecule has 1 heterocycles. The monoisotopic (exact) mass is 224 g/mol. The van der Waals surface area contributed by atoms with Crippen LogP contribution in [0.3, 0.4) is 0 Å². The van der Waals surface area contributed by atoms with Crippen LogP contribution in [0.2, 0.25) is 0 Å². The summed E-state index contributed by atoms with van der Waals surface area (Å²) in [5.41, 5.74) is 0. The Morgan fingerprint density at radius 2 is 1.69 bits per heavy atom. The first-order valence-corrected chi connectivity index (χ1v) is 7.29. The summed E-state index contributed by atoms with van der Waals surface area (Å²) < 4.78 is 0. The summed E-state index contributed by atoms with van der Waals surface area (Å²) in [5, 5.41) is 3.49. The molecule has 0 aromatic rings. The van der Waals surface area contributed by atoms with E-state index in [1.807, 2.05) is 0 Å². The Balaban J connectivity index is 1.77. The fourth-order valence-electron chi connectivity index (χ4n) is 3.27. The summed E-state index contributed by atoms with van der Waals surface area (Å²) in [6.07, 6.45) is 8.57. The second-order valence-electron chi connectivity index (χ2n) is 5.78. The first-order chi connectivity index (χ1) is 7.86. The van der Waals surface area contributed by atoms with Gasteiger partial charge >= 0.3 is 0 Å². The van der Waals surface area contributed by atoms with Crippen LogP contribution in [-0.4, -0.2) is 37.6 Å². The molecule has 0 spiro atoms. The molecule has 1 N–H and O–H groups in total. The third-order valence-electron chi connectivity index (χ3n) is 4.44. The van der Waals surface area contributed by atoms with E-state index in [1.54, 1.807) is 0 Å². The normalized spacial score (nSPS) is 34.3. The molecule has 1 saturated carbocycles. The van der Waals surface area contributed by atoms with Gasteiger partial charge in [-0.2, -0.15) is 0 Å². The molecule has 1 aliphatic carbocycles. The van der Waals surface area contributed by atoms with E-state index in [2.05, 4.69) is 17.1 Å². The van der Waals surface area contributed by atoms with E-state index in [4.69, 9.17) is 0 Å². The summed E-state index contributed by atoms with van der Waals surface area (Å²) in [6.45, 7) is 8.91. The van der Waals surface area contributed by atoms with Crippen molar-refractivity contribution >= 4 is 0 Å². The van der Waals surface area contributed by atoms with Crippen molar-refractivity contribution < 1.29 is 0 Å². The van der Waals surface area contributed by atoms with Gasteiger partial charge in [-0.1, -0.05) is 26.2 Å². The van der Waals surface area contributed by atoms with Crippen LogP contribution in [0.5, 0.6) is 0 Å². The largest absolute Gasteiger partial charge is 0.317 e. The second kappa shape index (κ2) is 6.61. The van der Waals surface area contributed by atoms with Gasteiger partial charge in [0.15, 0.2) is 0 Å². The minimum Gasteiger partial charge on any atom is -0.317 e. The molecule has 0 radical (unpaired) electrons. The van der Waals surface area contributed by atoms with Gasteiger partial charge < -0.3 is 10.2 Å². The molecule has 2 aliphatic rings. The van der Waals surface area contributed by atoms with Crippen molar-refractivity contribution in [3.8, 4) is 0 Å². The highest BCUT2D eigenvalue weighted by molar-refractivity contribution is 4.76. The molecule has 2 atom stereocenters. The Labute approximate surface area is 101 Å². The van der Waals surface area contributed by atoms with Crippen LogP contribution in [0, 0.1) is 11.8 Å². The number of nitrogens with zero attached hydrogens (tertiary/aromatic N) is 1. The van der Waals surface area contributed by atoms with Crippen molar-refractivity contribution in [2.24, 2.45) is 11.8 Å². The SMILES string of the molecule is CC1CCCCC1CN1CCCNCCC1. The Morgan fingerprint density at radius 3 is 2.38 bits per heavy atom. The van der Waals surface area contributed by atoms with E-state index >= 15 is 0 Å². The number of rotatable bonds is 2. The summed E-state index contributed by atoms with van der Waals surface area (Å²) >= 11 is 0. The average molecular weight is 224 g/mol. The van der Waals surface area contributed by atoms with Crippen LogP contribution in [0.4, 0.5) is 0 Å². The van der Waals surface area contributed by atoms with Crippen LogP contribution in [-0.2, 0) is 0 Å². The van der Waals surface area contributed by atoms with Gasteiger partial charge in [0.25, 0.3) is 0 Å². The zero-order valence-electron chi connectivity index (χ0n) is 10.9. The quantitative estimate of drug-likeness (QED) is 0.775. The third-order valence-corrected chi connectivity index (χ3v) is 4.44. The topological polar surface area (TPSA) is 15.3 Å². The van der Waals surface area contributed by atoms with E-state index < -0.39 is 0 Å². The van der Waals surface area contributed by atoms with E-state index in [-0.39, 0.29) is 0 Å². The summed E-state index contributed by atoms with van der Waals surface area (Å²) in [6, 6.07) is 0. The minimum absolute atomic E-state index is 0.970. The maximum atomic E-state index is 3.49. The molecule has 16 heavy (non-hydrogen) atoms. The van der Waals surface area contributed by atoms with Crippen LogP contribution in [0.1, 0.15) is 45.4 Å². The summed E-state index contributed by atoms with van der Waals surface area (Å²) in [4.78, 5) is 2.73. The molecule has 1 saturated heterocycles. The van der Waals surface area contributed by atoms with E-state index in [0.29, 0.717) is 0 Å². The van der Waals surface area contributed by atoms with E-state index in [0.717, 1.165) is 11.8 Å². The smallest absolute Gasteiger partial charge is 0.00122 e. The maximum Gasteiger partial charge on any atom is 0.00122 e. The lowest BCUT2D eigenvalue weighted by molar-refractivity contribution is 0.153. The second-order valence-corrected chi connectivity index (χ2v) is 5.78. The van der Waals surface area contributed by atoms with Gasteiger partial charge in [-0.25, -0.2) is 0 Å². The van der Waals surface area contributed by atoms with Crippen molar-refractivity contribution in [3.63, 3.8) is 0 Å². The van der Waals surface area contributed by atoms with Gasteiger partial charge in [-0.3, -0.25) is 0 Å². The third kappa shape index (κ3) is 3.74. The molecular weight excluding hydrogens is 196 g/mol. The molecule has 2 nitrogen and oxygen atoms in total. The lowest BCUT2D eigenvalue weighted by atomic mass is 9.80. The van der Waals surface area contributed by atoms with Crippen molar-refractivity contribution in [3.05, 3.63) is 0 Å². The van der Waals surface area contributed by atoms with Gasteiger partial charge in [0.05, 0.1) is 0 Å². The number of hydrogen-bond acceptors (Lipinski definition) is 2. The molecule has 94 valence electrons. The molecule has 0 amide bonds. The summed E-state index contributed by atoms with van der Waals surface area (Å²) in [7, 11) is 0. The van der Waals surface area contributed by atoms with Crippen molar-refractivity contribution in [1.82, 2.24) is 10.2 Å². The van der Waals surface area contributed by atoms with E-state index in [1.165, 1.54) is 71.2 Å². The Kier molecular flexibility index (Phi) is 5.11. The molecule has 0 bridgehead atoms. The molecule has 1 aliphatic heterocycles. The average Bonchev–Trinajstić information content (AvgIpc) is 2.24. The molecule has 2 unspecified atom stereocenters. The van der Waals surface area contributed by atoms with E-state index in [9.17, 15) is 0 Å². The molecule has 2 rings (SSSR count). The highest BCUT2D eigenvalue weighted by Gasteiger charge is 2.23. The molecule has 2 heteroatoms.